The van der Waals surface area contributed by atoms with Crippen LogP contribution in [0, 0.1) is 11.3 Å². The minimum absolute atomic E-state index is 0.0826. The molecule has 0 saturated heterocycles. The minimum Gasteiger partial charge on any atom is -0.478 e. The van der Waals surface area contributed by atoms with Gasteiger partial charge in [-0.1, -0.05) is 12.1 Å². The Hall–Kier alpha value is -2.45. The van der Waals surface area contributed by atoms with Gasteiger partial charge in [0.25, 0.3) is 0 Å². The van der Waals surface area contributed by atoms with Crippen molar-refractivity contribution >= 4 is 12.3 Å². The Balaban J connectivity index is 2.42. The zero-order valence-electron chi connectivity index (χ0n) is 10.2. The second kappa shape index (κ2) is 7.80. The Labute approximate surface area is 110 Å². The van der Waals surface area contributed by atoms with Crippen molar-refractivity contribution in [3.63, 3.8) is 0 Å². The number of rotatable bonds is 7. The van der Waals surface area contributed by atoms with E-state index in [0.717, 1.165) is 11.6 Å². The third-order valence-corrected chi connectivity index (χ3v) is 2.39. The number of allylic oxidation sites excluding steroid dienone is 1. The zero-order valence-corrected chi connectivity index (χ0v) is 10.2. The standard InChI is InChI=1S/C14H13NO4/c15-9-12-3-1-2-11(8-12)5-7-19-10-13(4-6-16)14(17)18/h1-4,6,8H,5,7,10H2,(H,17,18)/b13-4-. The third-order valence-electron chi connectivity index (χ3n) is 2.39. The second-order valence-corrected chi connectivity index (χ2v) is 3.75. The number of carboxylic acid groups (broad SMARTS) is 1. The molecule has 0 spiro atoms. The van der Waals surface area contributed by atoms with Crippen LogP contribution < -0.4 is 0 Å². The van der Waals surface area contributed by atoms with Gasteiger partial charge in [0.15, 0.2) is 0 Å². The quantitative estimate of drug-likeness (QED) is 0.453. The van der Waals surface area contributed by atoms with Crippen molar-refractivity contribution < 1.29 is 19.4 Å². The summed E-state index contributed by atoms with van der Waals surface area (Å²) in [5.41, 5.74) is 1.43. The number of aliphatic carboxylic acids is 1. The van der Waals surface area contributed by atoms with Crippen LogP contribution in [-0.2, 0) is 20.7 Å². The first-order valence-electron chi connectivity index (χ1n) is 5.61. The summed E-state index contributed by atoms with van der Waals surface area (Å²) >= 11 is 0. The maximum atomic E-state index is 10.7. The fourth-order valence-corrected chi connectivity index (χ4v) is 1.43. The van der Waals surface area contributed by atoms with Gasteiger partial charge in [-0.05, 0) is 30.2 Å². The van der Waals surface area contributed by atoms with Gasteiger partial charge in [0.05, 0.1) is 30.4 Å². The second-order valence-electron chi connectivity index (χ2n) is 3.75. The van der Waals surface area contributed by atoms with Crippen molar-refractivity contribution in [3.8, 4) is 6.07 Å². The lowest BCUT2D eigenvalue weighted by Crippen LogP contribution is -2.10. The molecular formula is C14H13NO4. The van der Waals surface area contributed by atoms with E-state index >= 15 is 0 Å². The van der Waals surface area contributed by atoms with Gasteiger partial charge in [0.1, 0.15) is 6.29 Å². The van der Waals surface area contributed by atoms with E-state index < -0.39 is 5.97 Å². The smallest absolute Gasteiger partial charge is 0.334 e. The molecule has 0 heterocycles. The van der Waals surface area contributed by atoms with Crippen LogP contribution in [0.2, 0.25) is 0 Å². The average Bonchev–Trinajstić information content (AvgIpc) is 2.42. The molecule has 0 aromatic heterocycles. The van der Waals surface area contributed by atoms with E-state index in [0.29, 0.717) is 24.9 Å². The molecule has 0 aliphatic carbocycles. The molecular weight excluding hydrogens is 246 g/mol. The first-order valence-corrected chi connectivity index (χ1v) is 5.61. The Bertz CT molecular complexity index is 528. The highest BCUT2D eigenvalue weighted by Crippen LogP contribution is 2.05. The van der Waals surface area contributed by atoms with Gasteiger partial charge in [-0.2, -0.15) is 5.26 Å². The Morgan fingerprint density at radius 2 is 2.26 bits per heavy atom. The summed E-state index contributed by atoms with van der Waals surface area (Å²) < 4.78 is 5.20. The van der Waals surface area contributed by atoms with Crippen molar-refractivity contribution in [2.24, 2.45) is 0 Å². The summed E-state index contributed by atoms with van der Waals surface area (Å²) in [6, 6.07) is 9.15. The molecule has 0 aliphatic rings. The summed E-state index contributed by atoms with van der Waals surface area (Å²) in [6.45, 7) is 0.199. The van der Waals surface area contributed by atoms with E-state index in [1.54, 1.807) is 18.2 Å². The predicted octanol–water partition coefficient (Wildman–Crippen LogP) is 1.33. The van der Waals surface area contributed by atoms with Gasteiger partial charge in [-0.25, -0.2) is 4.79 Å². The summed E-state index contributed by atoms with van der Waals surface area (Å²) in [4.78, 5) is 20.9. The molecule has 5 nitrogen and oxygen atoms in total. The number of nitriles is 1. The Morgan fingerprint density at radius 3 is 2.89 bits per heavy atom. The van der Waals surface area contributed by atoms with Crippen LogP contribution in [0.5, 0.6) is 0 Å². The minimum atomic E-state index is -1.17. The molecule has 1 aromatic rings. The van der Waals surface area contributed by atoms with E-state index in [2.05, 4.69) is 0 Å². The maximum Gasteiger partial charge on any atom is 0.334 e. The van der Waals surface area contributed by atoms with Crippen LogP contribution in [0.15, 0.2) is 35.9 Å². The highest BCUT2D eigenvalue weighted by Gasteiger charge is 2.06. The first kappa shape index (κ1) is 14.6. The van der Waals surface area contributed by atoms with Crippen LogP contribution in [0.4, 0.5) is 0 Å². The first-order chi connectivity index (χ1) is 9.17. The number of carbonyl (C=O) groups excluding carboxylic acids is 1. The highest BCUT2D eigenvalue weighted by atomic mass is 16.5. The number of aldehydes is 1. The molecule has 1 aromatic carbocycles. The molecule has 19 heavy (non-hydrogen) atoms. The molecule has 0 unspecified atom stereocenters. The van der Waals surface area contributed by atoms with Gasteiger partial charge in [0, 0.05) is 0 Å². The van der Waals surface area contributed by atoms with E-state index in [4.69, 9.17) is 15.1 Å². The van der Waals surface area contributed by atoms with E-state index in [1.807, 2.05) is 12.1 Å². The van der Waals surface area contributed by atoms with Crippen molar-refractivity contribution in [1.29, 1.82) is 5.26 Å². The van der Waals surface area contributed by atoms with Crippen molar-refractivity contribution in [2.75, 3.05) is 13.2 Å². The topological polar surface area (TPSA) is 87.4 Å². The molecule has 1 N–H and O–H groups in total. The van der Waals surface area contributed by atoms with E-state index in [9.17, 15) is 9.59 Å². The molecule has 0 bridgehead atoms. The maximum absolute atomic E-state index is 10.7. The number of hydrogen-bond donors (Lipinski definition) is 1. The number of ether oxygens (including phenoxy) is 1. The van der Waals surface area contributed by atoms with Crippen LogP contribution in [0.1, 0.15) is 11.1 Å². The summed E-state index contributed by atoms with van der Waals surface area (Å²) in [6.07, 6.45) is 1.96. The van der Waals surface area contributed by atoms with Crippen LogP contribution >= 0.6 is 0 Å². The van der Waals surface area contributed by atoms with Gasteiger partial charge in [-0.3, -0.25) is 4.79 Å². The van der Waals surface area contributed by atoms with Crippen LogP contribution in [0.25, 0.3) is 0 Å². The molecule has 0 fully saturated rings. The van der Waals surface area contributed by atoms with Crippen molar-refractivity contribution in [1.82, 2.24) is 0 Å². The van der Waals surface area contributed by atoms with Gasteiger partial charge >= 0.3 is 5.97 Å². The molecule has 0 amide bonds. The van der Waals surface area contributed by atoms with Crippen LogP contribution in [0.3, 0.4) is 0 Å². The molecule has 0 saturated carbocycles. The average molecular weight is 259 g/mol. The summed E-state index contributed by atoms with van der Waals surface area (Å²) in [5, 5.41) is 17.5. The Morgan fingerprint density at radius 1 is 1.47 bits per heavy atom. The van der Waals surface area contributed by atoms with Gasteiger partial charge in [0.2, 0.25) is 0 Å². The number of hydrogen-bond acceptors (Lipinski definition) is 4. The zero-order chi connectivity index (χ0) is 14.1. The van der Waals surface area contributed by atoms with Crippen molar-refractivity contribution in [3.05, 3.63) is 47.0 Å². The molecule has 0 aliphatic heterocycles. The lowest BCUT2D eigenvalue weighted by molar-refractivity contribution is -0.133. The van der Waals surface area contributed by atoms with Crippen LogP contribution in [-0.4, -0.2) is 30.6 Å². The SMILES string of the molecule is N#Cc1cccc(CCOC/C(=C/C=O)C(=O)O)c1. The largest absolute Gasteiger partial charge is 0.478 e. The number of nitrogens with zero attached hydrogens (tertiary/aromatic N) is 1. The highest BCUT2D eigenvalue weighted by molar-refractivity contribution is 5.91. The monoisotopic (exact) mass is 259 g/mol. The van der Waals surface area contributed by atoms with E-state index in [1.165, 1.54) is 0 Å². The number of carbonyl (C=O) groups is 2. The number of carboxylic acids is 1. The van der Waals surface area contributed by atoms with Gasteiger partial charge in [-0.15, -0.1) is 0 Å². The molecule has 98 valence electrons. The van der Waals surface area contributed by atoms with E-state index in [-0.39, 0.29) is 12.2 Å². The lowest BCUT2D eigenvalue weighted by Gasteiger charge is -2.05. The normalized spacial score (nSPS) is 10.8. The predicted molar refractivity (Wildman–Crippen MR) is 67.5 cm³/mol. The number of benzene rings is 1. The molecule has 0 atom stereocenters. The summed E-state index contributed by atoms with van der Waals surface area (Å²) in [7, 11) is 0. The Kier molecular flexibility index (Phi) is 5.99. The fourth-order valence-electron chi connectivity index (χ4n) is 1.43. The molecule has 5 heteroatoms. The fraction of sp³-hybridized carbons (Fsp3) is 0.214. The molecule has 1 rings (SSSR count). The third kappa shape index (κ3) is 5.15. The molecule has 0 radical (unpaired) electrons. The van der Waals surface area contributed by atoms with Crippen molar-refractivity contribution in [2.45, 2.75) is 6.42 Å². The lowest BCUT2D eigenvalue weighted by atomic mass is 10.1. The van der Waals surface area contributed by atoms with Gasteiger partial charge < -0.3 is 9.84 Å². The summed E-state index contributed by atoms with van der Waals surface area (Å²) in [5.74, 6) is -1.17.